The number of alkyl carbamates (subject to hydrolysis) is 1. The molecule has 1 heterocycles. The van der Waals surface area contributed by atoms with Crippen molar-refractivity contribution < 1.29 is 23.0 Å². The molecule has 1 aliphatic rings. The second-order valence-corrected chi connectivity index (χ2v) is 7.54. The third kappa shape index (κ3) is 7.37. The lowest BCUT2D eigenvalue weighted by molar-refractivity contribution is -0.00772. The van der Waals surface area contributed by atoms with Crippen molar-refractivity contribution >= 4 is 17.4 Å². The summed E-state index contributed by atoms with van der Waals surface area (Å²) >= 11 is 0. The number of carbonyl (C=O) groups is 1. The van der Waals surface area contributed by atoms with Crippen LogP contribution in [0.1, 0.15) is 25.8 Å². The number of halogens is 2. The minimum atomic E-state index is -2.75. The van der Waals surface area contributed by atoms with Gasteiger partial charge in [0.15, 0.2) is 6.10 Å². The van der Waals surface area contributed by atoms with Gasteiger partial charge in [0.1, 0.15) is 5.75 Å². The molecule has 10 heteroatoms. The molecule has 2 aromatic rings. The maximum Gasteiger partial charge on any atom is 0.408 e. The van der Waals surface area contributed by atoms with Crippen LogP contribution in [0.5, 0.6) is 11.8 Å². The number of alkyl halides is 2. The van der Waals surface area contributed by atoms with Crippen LogP contribution in [0.4, 0.5) is 19.3 Å². The summed E-state index contributed by atoms with van der Waals surface area (Å²) in [7, 11) is 0. The van der Waals surface area contributed by atoms with Gasteiger partial charge >= 0.3 is 12.1 Å². The number of nitriles is 1. The Kier molecular flexibility index (Phi) is 8.89. The van der Waals surface area contributed by atoms with Crippen molar-refractivity contribution in [3.8, 4) is 17.8 Å². The summed E-state index contributed by atoms with van der Waals surface area (Å²) in [4.78, 5) is 19.9. The zero-order chi connectivity index (χ0) is 25.2. The van der Waals surface area contributed by atoms with Crippen LogP contribution >= 0.6 is 0 Å². The van der Waals surface area contributed by atoms with E-state index in [1.807, 2.05) is 13.0 Å². The van der Waals surface area contributed by atoms with Gasteiger partial charge in [-0.25, -0.2) is 23.5 Å². The number of nitrogens with one attached hydrogen (secondary N) is 2. The lowest BCUT2D eigenvalue weighted by atomic mass is 9.97. The molecule has 1 aromatic carbocycles. The SMILES string of the molecule is CCNc1cc(Oc2ncccn2)ccc1/C(C#N)=C/C1=CCC(NC(=O)OC(C)C(F)F)C=C1. The molecule has 35 heavy (non-hydrogen) atoms. The summed E-state index contributed by atoms with van der Waals surface area (Å²) in [5.41, 5.74) is 2.60. The van der Waals surface area contributed by atoms with Crippen LogP contribution in [0.2, 0.25) is 0 Å². The standard InChI is InChI=1S/C25H25F2N5O3/c1-3-29-22-14-20(35-24-30-11-4-12-31-24)9-10-21(22)18(15-28)13-17-5-7-19(8-6-17)32-25(33)34-16(2)23(26)27/h4-7,9-14,16,19,23,29H,3,8H2,1-2H3,(H,32,33)/b18-13+. The molecule has 182 valence electrons. The zero-order valence-electron chi connectivity index (χ0n) is 19.2. The fraction of sp³-hybridized carbons (Fsp3) is 0.280. The minimum Gasteiger partial charge on any atom is -0.440 e. The van der Waals surface area contributed by atoms with E-state index in [2.05, 4.69) is 31.4 Å². The van der Waals surface area contributed by atoms with Crippen LogP contribution in [0.3, 0.4) is 0 Å². The topological polar surface area (TPSA) is 109 Å². The first-order chi connectivity index (χ1) is 16.9. The van der Waals surface area contributed by atoms with Crippen LogP contribution in [-0.2, 0) is 4.74 Å². The highest BCUT2D eigenvalue weighted by Crippen LogP contribution is 2.31. The van der Waals surface area contributed by atoms with Gasteiger partial charge in [-0.05, 0) is 50.1 Å². The molecule has 2 N–H and O–H groups in total. The molecule has 1 aliphatic carbocycles. The zero-order valence-corrected chi connectivity index (χ0v) is 19.2. The Morgan fingerprint density at radius 2 is 2.11 bits per heavy atom. The summed E-state index contributed by atoms with van der Waals surface area (Å²) in [5.74, 6) is 0.520. The van der Waals surface area contributed by atoms with Crippen LogP contribution in [0.25, 0.3) is 5.57 Å². The van der Waals surface area contributed by atoms with Crippen molar-refractivity contribution in [3.63, 3.8) is 0 Å². The number of nitrogens with zero attached hydrogens (tertiary/aromatic N) is 3. The molecule has 1 aromatic heterocycles. The van der Waals surface area contributed by atoms with Gasteiger partial charge in [-0.3, -0.25) is 0 Å². The third-order valence-corrected chi connectivity index (χ3v) is 4.91. The number of carbonyl (C=O) groups excluding carboxylic acids is 1. The van der Waals surface area contributed by atoms with E-state index in [4.69, 9.17) is 4.74 Å². The van der Waals surface area contributed by atoms with Gasteiger partial charge in [0, 0.05) is 36.3 Å². The summed E-state index contributed by atoms with van der Waals surface area (Å²) in [6.45, 7) is 3.70. The second-order valence-electron chi connectivity index (χ2n) is 7.54. The van der Waals surface area contributed by atoms with Gasteiger partial charge in [0.2, 0.25) is 0 Å². The van der Waals surface area contributed by atoms with Crippen molar-refractivity contribution in [2.45, 2.75) is 38.8 Å². The number of amides is 1. The van der Waals surface area contributed by atoms with Gasteiger partial charge < -0.3 is 20.1 Å². The Bertz CT molecular complexity index is 1160. The predicted octanol–water partition coefficient (Wildman–Crippen LogP) is 5.24. The molecule has 0 radical (unpaired) electrons. The van der Waals surface area contributed by atoms with E-state index in [-0.39, 0.29) is 6.01 Å². The van der Waals surface area contributed by atoms with Crippen LogP contribution in [-0.4, -0.2) is 41.2 Å². The van der Waals surface area contributed by atoms with Gasteiger partial charge in [-0.2, -0.15) is 5.26 Å². The van der Waals surface area contributed by atoms with Crippen LogP contribution in [0.15, 0.2) is 66.5 Å². The first-order valence-corrected chi connectivity index (χ1v) is 11.0. The van der Waals surface area contributed by atoms with Crippen molar-refractivity contribution in [2.75, 3.05) is 11.9 Å². The molecule has 1 amide bonds. The average Bonchev–Trinajstić information content (AvgIpc) is 2.85. The molecule has 0 saturated heterocycles. The molecule has 0 spiro atoms. The summed E-state index contributed by atoms with van der Waals surface area (Å²) < 4.78 is 35.4. The lowest BCUT2D eigenvalue weighted by Crippen LogP contribution is -2.37. The van der Waals surface area contributed by atoms with E-state index in [0.717, 1.165) is 12.5 Å². The first kappa shape index (κ1) is 25.4. The molecule has 3 rings (SSSR count). The number of hydrogen-bond acceptors (Lipinski definition) is 7. The number of ether oxygens (including phenoxy) is 2. The van der Waals surface area contributed by atoms with Gasteiger partial charge in [-0.15, -0.1) is 0 Å². The molecule has 0 aliphatic heterocycles. The minimum absolute atomic E-state index is 0.215. The third-order valence-electron chi connectivity index (χ3n) is 4.91. The Morgan fingerprint density at radius 3 is 2.74 bits per heavy atom. The highest BCUT2D eigenvalue weighted by Gasteiger charge is 2.21. The summed E-state index contributed by atoms with van der Waals surface area (Å²) in [5, 5.41) is 15.6. The Morgan fingerprint density at radius 1 is 1.34 bits per heavy atom. The number of rotatable bonds is 9. The monoisotopic (exact) mass is 481 g/mol. The number of hydrogen-bond donors (Lipinski definition) is 2. The molecule has 0 fully saturated rings. The smallest absolute Gasteiger partial charge is 0.408 e. The molecule has 2 unspecified atom stereocenters. The van der Waals surface area contributed by atoms with Crippen molar-refractivity contribution in [3.05, 3.63) is 72.1 Å². The largest absolute Gasteiger partial charge is 0.440 e. The van der Waals surface area contributed by atoms with E-state index in [0.29, 0.717) is 35.5 Å². The second kappa shape index (κ2) is 12.3. The van der Waals surface area contributed by atoms with E-state index in [1.54, 1.807) is 54.9 Å². The molecule has 8 nitrogen and oxygen atoms in total. The number of anilines is 1. The van der Waals surface area contributed by atoms with Crippen LogP contribution in [0, 0.1) is 11.3 Å². The Balaban J connectivity index is 1.71. The molecular formula is C25H25F2N5O3. The van der Waals surface area contributed by atoms with Gasteiger partial charge in [0.25, 0.3) is 6.43 Å². The van der Waals surface area contributed by atoms with E-state index in [9.17, 15) is 18.8 Å². The van der Waals surface area contributed by atoms with Crippen molar-refractivity contribution in [2.24, 2.45) is 0 Å². The molecule has 0 bridgehead atoms. The maximum atomic E-state index is 12.5. The fourth-order valence-electron chi connectivity index (χ4n) is 3.20. The number of allylic oxidation sites excluding steroid dienone is 4. The number of aromatic nitrogens is 2. The van der Waals surface area contributed by atoms with Crippen molar-refractivity contribution in [1.82, 2.24) is 15.3 Å². The Hall–Kier alpha value is -4.26. The highest BCUT2D eigenvalue weighted by atomic mass is 19.3. The fourth-order valence-corrected chi connectivity index (χ4v) is 3.20. The number of benzene rings is 1. The quantitative estimate of drug-likeness (QED) is 0.471. The summed E-state index contributed by atoms with van der Waals surface area (Å²) in [6, 6.07) is 9.02. The maximum absolute atomic E-state index is 12.5. The molecular weight excluding hydrogens is 456 g/mol. The van der Waals surface area contributed by atoms with E-state index >= 15 is 0 Å². The predicted molar refractivity (Wildman–Crippen MR) is 127 cm³/mol. The van der Waals surface area contributed by atoms with Gasteiger partial charge in [0.05, 0.1) is 17.7 Å². The Labute approximate surface area is 202 Å². The van der Waals surface area contributed by atoms with Crippen molar-refractivity contribution in [1.29, 1.82) is 5.26 Å². The first-order valence-electron chi connectivity index (χ1n) is 11.0. The van der Waals surface area contributed by atoms with E-state index in [1.165, 1.54) is 0 Å². The lowest BCUT2D eigenvalue weighted by Gasteiger charge is -2.19. The van der Waals surface area contributed by atoms with Gasteiger partial charge in [-0.1, -0.05) is 18.2 Å². The molecule has 0 saturated carbocycles. The summed E-state index contributed by atoms with van der Waals surface area (Å²) in [6.07, 6.45) is 5.49. The van der Waals surface area contributed by atoms with Crippen LogP contribution < -0.4 is 15.4 Å². The molecule has 2 atom stereocenters. The highest BCUT2D eigenvalue weighted by molar-refractivity contribution is 5.86. The normalized spacial score (nSPS) is 16.2. The average molecular weight is 482 g/mol. The van der Waals surface area contributed by atoms with E-state index < -0.39 is 24.7 Å².